The van der Waals surface area contributed by atoms with E-state index in [0.29, 0.717) is 11.7 Å². The number of rotatable bonds is 5. The second-order valence-electron chi connectivity index (χ2n) is 5.04. The number of hydrazine groups is 1. The molecular formula is C14H18N6. The number of nitrogens with two attached hydrogens (primary N) is 1. The van der Waals surface area contributed by atoms with Gasteiger partial charge in [0.25, 0.3) is 0 Å². The smallest absolute Gasteiger partial charge is 0.145 e. The molecule has 0 spiro atoms. The number of anilines is 2. The monoisotopic (exact) mass is 270 g/mol. The van der Waals surface area contributed by atoms with Gasteiger partial charge in [-0.25, -0.2) is 15.8 Å². The zero-order chi connectivity index (χ0) is 13.9. The molecule has 2 aromatic heterocycles. The van der Waals surface area contributed by atoms with Crippen LogP contribution in [0.2, 0.25) is 0 Å². The van der Waals surface area contributed by atoms with Crippen LogP contribution in [0.25, 0.3) is 0 Å². The van der Waals surface area contributed by atoms with Crippen LogP contribution in [-0.2, 0) is 0 Å². The van der Waals surface area contributed by atoms with Gasteiger partial charge in [0.1, 0.15) is 17.5 Å². The Labute approximate surface area is 117 Å². The molecule has 1 saturated carbocycles. The Kier molecular flexibility index (Phi) is 3.47. The Morgan fingerprint density at radius 2 is 2.05 bits per heavy atom. The summed E-state index contributed by atoms with van der Waals surface area (Å²) in [5.74, 6) is 8.22. The molecule has 0 aromatic carbocycles. The number of nitrogen functional groups attached to an aromatic ring is 1. The molecule has 1 atom stereocenters. The van der Waals surface area contributed by atoms with E-state index in [4.69, 9.17) is 5.84 Å². The summed E-state index contributed by atoms with van der Waals surface area (Å²) in [4.78, 5) is 13.3. The van der Waals surface area contributed by atoms with Crippen molar-refractivity contribution in [2.45, 2.75) is 31.7 Å². The molecule has 20 heavy (non-hydrogen) atoms. The number of pyridine rings is 1. The van der Waals surface area contributed by atoms with Crippen LogP contribution in [0.15, 0.2) is 30.5 Å². The van der Waals surface area contributed by atoms with E-state index in [9.17, 15) is 0 Å². The van der Waals surface area contributed by atoms with Gasteiger partial charge >= 0.3 is 0 Å². The molecule has 0 radical (unpaired) electrons. The summed E-state index contributed by atoms with van der Waals surface area (Å²) in [5.41, 5.74) is 3.57. The number of hydrogen-bond donors (Lipinski definition) is 3. The van der Waals surface area contributed by atoms with Crippen molar-refractivity contribution in [2.24, 2.45) is 5.84 Å². The van der Waals surface area contributed by atoms with Crippen molar-refractivity contribution in [2.75, 3.05) is 10.7 Å². The lowest BCUT2D eigenvalue weighted by molar-refractivity contribution is 0.821. The van der Waals surface area contributed by atoms with E-state index < -0.39 is 0 Å². The fourth-order valence-corrected chi connectivity index (χ4v) is 2.07. The molecule has 1 unspecified atom stereocenters. The van der Waals surface area contributed by atoms with Gasteiger partial charge in [-0.2, -0.15) is 0 Å². The van der Waals surface area contributed by atoms with Gasteiger partial charge in [-0.15, -0.1) is 0 Å². The molecule has 3 rings (SSSR count). The zero-order valence-corrected chi connectivity index (χ0v) is 11.4. The zero-order valence-electron chi connectivity index (χ0n) is 11.4. The van der Waals surface area contributed by atoms with Crippen molar-refractivity contribution in [1.82, 2.24) is 15.0 Å². The Morgan fingerprint density at radius 3 is 2.70 bits per heavy atom. The maximum atomic E-state index is 5.47. The first-order valence-corrected chi connectivity index (χ1v) is 6.79. The molecule has 0 bridgehead atoms. The van der Waals surface area contributed by atoms with Gasteiger partial charge in [0, 0.05) is 18.2 Å². The predicted octanol–water partition coefficient (Wildman–Crippen LogP) is 2.21. The van der Waals surface area contributed by atoms with Crippen LogP contribution in [0.3, 0.4) is 0 Å². The van der Waals surface area contributed by atoms with E-state index in [-0.39, 0.29) is 6.04 Å². The Morgan fingerprint density at radius 1 is 1.25 bits per heavy atom. The third-order valence-electron chi connectivity index (χ3n) is 3.33. The molecule has 2 aromatic rings. The van der Waals surface area contributed by atoms with Crippen LogP contribution in [0.1, 0.15) is 43.2 Å². The van der Waals surface area contributed by atoms with Crippen LogP contribution in [0, 0.1) is 0 Å². The van der Waals surface area contributed by atoms with Gasteiger partial charge in [-0.05, 0) is 31.9 Å². The van der Waals surface area contributed by atoms with Crippen molar-refractivity contribution in [3.05, 3.63) is 42.0 Å². The average Bonchev–Trinajstić information content (AvgIpc) is 3.32. The molecule has 6 nitrogen and oxygen atoms in total. The van der Waals surface area contributed by atoms with Gasteiger partial charge in [-0.1, -0.05) is 6.07 Å². The summed E-state index contributed by atoms with van der Waals surface area (Å²) in [6.07, 6.45) is 4.10. The Hall–Kier alpha value is -2.21. The van der Waals surface area contributed by atoms with Gasteiger partial charge < -0.3 is 10.7 Å². The maximum Gasteiger partial charge on any atom is 0.145 e. The predicted molar refractivity (Wildman–Crippen MR) is 78.1 cm³/mol. The molecule has 104 valence electrons. The maximum absolute atomic E-state index is 5.47. The van der Waals surface area contributed by atoms with Crippen molar-refractivity contribution in [3.8, 4) is 0 Å². The van der Waals surface area contributed by atoms with E-state index in [2.05, 4.69) is 32.6 Å². The molecule has 0 amide bonds. The molecule has 2 heterocycles. The Balaban J connectivity index is 1.81. The number of nitrogens with zero attached hydrogens (tertiary/aromatic N) is 3. The third-order valence-corrected chi connectivity index (χ3v) is 3.33. The Bertz CT molecular complexity index is 581. The van der Waals surface area contributed by atoms with Crippen molar-refractivity contribution < 1.29 is 0 Å². The molecule has 0 saturated heterocycles. The van der Waals surface area contributed by atoms with E-state index in [1.54, 1.807) is 6.20 Å². The van der Waals surface area contributed by atoms with E-state index in [1.165, 1.54) is 0 Å². The third kappa shape index (κ3) is 2.85. The van der Waals surface area contributed by atoms with Crippen LogP contribution < -0.4 is 16.6 Å². The van der Waals surface area contributed by atoms with E-state index in [1.807, 2.05) is 24.3 Å². The van der Waals surface area contributed by atoms with Crippen LogP contribution >= 0.6 is 0 Å². The van der Waals surface area contributed by atoms with Gasteiger partial charge in [0.2, 0.25) is 0 Å². The molecule has 1 aliphatic rings. The van der Waals surface area contributed by atoms with Gasteiger partial charge in [0.15, 0.2) is 0 Å². The molecule has 4 N–H and O–H groups in total. The van der Waals surface area contributed by atoms with Crippen molar-refractivity contribution in [3.63, 3.8) is 0 Å². The van der Waals surface area contributed by atoms with E-state index >= 15 is 0 Å². The minimum absolute atomic E-state index is 0.0729. The quantitative estimate of drug-likeness (QED) is 0.570. The highest BCUT2D eigenvalue weighted by Gasteiger charge is 2.27. The van der Waals surface area contributed by atoms with Crippen LogP contribution in [0.4, 0.5) is 11.6 Å². The minimum Gasteiger partial charge on any atom is -0.362 e. The average molecular weight is 270 g/mol. The fourth-order valence-electron chi connectivity index (χ4n) is 2.07. The summed E-state index contributed by atoms with van der Waals surface area (Å²) >= 11 is 0. The molecule has 1 fully saturated rings. The first-order valence-electron chi connectivity index (χ1n) is 6.79. The summed E-state index contributed by atoms with van der Waals surface area (Å²) in [7, 11) is 0. The first kappa shape index (κ1) is 12.8. The second kappa shape index (κ2) is 5.42. The highest BCUT2D eigenvalue weighted by atomic mass is 15.3. The van der Waals surface area contributed by atoms with Crippen LogP contribution in [0.5, 0.6) is 0 Å². The standard InChI is InChI=1S/C14H18N6/c1-9(11-4-2-3-7-16-11)17-12-8-13(20-15)19-14(18-12)10-5-6-10/h2-4,7-10H,5-6,15H2,1H3,(H2,17,18,19,20). The topological polar surface area (TPSA) is 88.8 Å². The largest absolute Gasteiger partial charge is 0.362 e. The molecular weight excluding hydrogens is 252 g/mol. The van der Waals surface area contributed by atoms with Crippen LogP contribution in [-0.4, -0.2) is 15.0 Å². The number of hydrogen-bond acceptors (Lipinski definition) is 6. The lowest BCUT2D eigenvalue weighted by Gasteiger charge is -2.15. The first-order chi connectivity index (χ1) is 9.76. The lowest BCUT2D eigenvalue weighted by Crippen LogP contribution is -2.14. The van der Waals surface area contributed by atoms with Crippen molar-refractivity contribution >= 4 is 11.6 Å². The lowest BCUT2D eigenvalue weighted by atomic mass is 10.2. The number of aromatic nitrogens is 3. The summed E-state index contributed by atoms with van der Waals surface area (Å²) in [6, 6.07) is 7.75. The number of nitrogens with one attached hydrogen (secondary N) is 2. The van der Waals surface area contributed by atoms with E-state index in [0.717, 1.165) is 30.2 Å². The fraction of sp³-hybridized carbons (Fsp3) is 0.357. The minimum atomic E-state index is 0.0729. The molecule has 1 aliphatic carbocycles. The summed E-state index contributed by atoms with van der Waals surface area (Å²) in [5, 5.41) is 3.35. The SMILES string of the molecule is CC(Nc1cc(NN)nc(C2CC2)n1)c1ccccn1. The summed E-state index contributed by atoms with van der Waals surface area (Å²) in [6.45, 7) is 2.05. The normalized spacial score (nSPS) is 15.7. The highest BCUT2D eigenvalue weighted by Crippen LogP contribution is 2.38. The second-order valence-corrected chi connectivity index (χ2v) is 5.04. The van der Waals surface area contributed by atoms with Gasteiger partial charge in [0.05, 0.1) is 11.7 Å². The van der Waals surface area contributed by atoms with Gasteiger partial charge in [-0.3, -0.25) is 4.98 Å². The highest BCUT2D eigenvalue weighted by molar-refractivity contribution is 5.48. The summed E-state index contributed by atoms with van der Waals surface area (Å²) < 4.78 is 0. The van der Waals surface area contributed by atoms with Crippen molar-refractivity contribution in [1.29, 1.82) is 0 Å². The molecule has 0 aliphatic heterocycles. The molecule has 6 heteroatoms.